The summed E-state index contributed by atoms with van der Waals surface area (Å²) in [4.78, 5) is 14.1. The number of nitrogens with one attached hydrogen (secondary N) is 4. The lowest BCUT2D eigenvalue weighted by atomic mass is 10.1. The average Bonchev–Trinajstić information content (AvgIpc) is 3.36. The Morgan fingerprint density at radius 2 is 1.74 bits per heavy atom. The van der Waals surface area contributed by atoms with E-state index in [1.807, 2.05) is 30.3 Å². The van der Waals surface area contributed by atoms with Crippen molar-refractivity contribution in [2.24, 2.45) is 5.73 Å². The second-order valence-corrected chi connectivity index (χ2v) is 9.43. The Morgan fingerprint density at radius 3 is 2.29 bits per heavy atom. The zero-order chi connectivity index (χ0) is 25.4. The third-order valence-corrected chi connectivity index (χ3v) is 6.54. The molecule has 0 aliphatic heterocycles. The van der Waals surface area contributed by atoms with Crippen LogP contribution in [0.2, 0.25) is 0 Å². The molecule has 0 saturated heterocycles. The number of para-hydroxylation sites is 1. The molecule has 0 radical (unpaired) electrons. The summed E-state index contributed by atoms with van der Waals surface area (Å²) in [6.07, 6.45) is 4.47. The van der Waals surface area contributed by atoms with Crippen LogP contribution in [-0.2, 0) is 6.54 Å². The van der Waals surface area contributed by atoms with Crippen LogP contribution >= 0.6 is 12.2 Å². The molecule has 7 nitrogen and oxygen atoms in total. The van der Waals surface area contributed by atoms with E-state index in [1.165, 1.54) is 12.8 Å². The van der Waals surface area contributed by atoms with E-state index in [4.69, 9.17) is 23.4 Å². The molecule has 1 aliphatic carbocycles. The molecule has 0 unspecified atom stereocenters. The third-order valence-electron chi connectivity index (χ3n) is 6.13. The standard InChI is InChI=1S/C27H36N6OS/c1-18(2)33(22-11-5-4-6-12-22)26(31-17-19-13-15-20(16-14-19)25(29)34)23(27(35)30-3)24(28)32-21-9-7-8-10-21/h4-6,11-16,18,21,31H,7-10,17H2,1-3H3,(H2,28,32)(H2,29,34)(H,30,35)/b26-23-. The lowest BCUT2D eigenvalue weighted by Crippen LogP contribution is -2.44. The molecule has 2 aromatic carbocycles. The third kappa shape index (κ3) is 6.82. The number of amidine groups is 1. The van der Waals surface area contributed by atoms with Crippen molar-refractivity contribution < 1.29 is 4.79 Å². The van der Waals surface area contributed by atoms with Crippen LogP contribution < -0.4 is 26.6 Å². The maximum absolute atomic E-state index is 11.5. The van der Waals surface area contributed by atoms with Crippen molar-refractivity contribution in [1.29, 1.82) is 5.41 Å². The minimum atomic E-state index is -0.451. The first-order valence-corrected chi connectivity index (χ1v) is 12.5. The Kier molecular flexibility index (Phi) is 9.25. The Balaban J connectivity index is 2.05. The van der Waals surface area contributed by atoms with E-state index >= 15 is 0 Å². The Morgan fingerprint density at radius 1 is 1.11 bits per heavy atom. The molecular weight excluding hydrogens is 456 g/mol. The number of hydrogen-bond donors (Lipinski definition) is 5. The highest BCUT2D eigenvalue weighted by Gasteiger charge is 2.26. The molecule has 1 amide bonds. The van der Waals surface area contributed by atoms with Gasteiger partial charge < -0.3 is 26.6 Å². The van der Waals surface area contributed by atoms with Gasteiger partial charge in [-0.05, 0) is 56.5 Å². The minimum absolute atomic E-state index is 0.0890. The van der Waals surface area contributed by atoms with Crippen LogP contribution in [0.3, 0.4) is 0 Å². The predicted molar refractivity (Wildman–Crippen MR) is 148 cm³/mol. The predicted octanol–water partition coefficient (Wildman–Crippen LogP) is 4.06. The molecule has 0 aromatic heterocycles. The topological polar surface area (TPSA) is 106 Å². The number of anilines is 1. The zero-order valence-corrected chi connectivity index (χ0v) is 21.5. The second-order valence-electron chi connectivity index (χ2n) is 9.02. The second kappa shape index (κ2) is 12.4. The van der Waals surface area contributed by atoms with Crippen LogP contribution in [0.5, 0.6) is 0 Å². The van der Waals surface area contributed by atoms with E-state index in [9.17, 15) is 4.79 Å². The summed E-state index contributed by atoms with van der Waals surface area (Å²) in [6.45, 7) is 4.71. The Bertz CT molecular complexity index is 1060. The molecule has 186 valence electrons. The molecule has 1 aliphatic rings. The highest BCUT2D eigenvalue weighted by atomic mass is 32.1. The fourth-order valence-corrected chi connectivity index (χ4v) is 4.55. The summed E-state index contributed by atoms with van der Waals surface area (Å²) >= 11 is 5.73. The normalized spacial score (nSPS) is 14.3. The number of hydrogen-bond acceptors (Lipinski definition) is 5. The van der Waals surface area contributed by atoms with E-state index in [1.54, 1.807) is 19.2 Å². The molecule has 0 atom stereocenters. The summed E-state index contributed by atoms with van der Waals surface area (Å²) in [6, 6.07) is 17.7. The SMILES string of the molecule is CNC(=S)/C(C(=N)NC1CCCC1)=C(/NCc1ccc(C(N)=O)cc1)N(c1ccccc1)C(C)C. The summed E-state index contributed by atoms with van der Waals surface area (Å²) < 4.78 is 0. The van der Waals surface area contributed by atoms with Crippen molar-refractivity contribution in [3.63, 3.8) is 0 Å². The number of carbonyl (C=O) groups is 1. The molecule has 0 bridgehead atoms. The lowest BCUT2D eigenvalue weighted by molar-refractivity contribution is 0.100. The van der Waals surface area contributed by atoms with Crippen LogP contribution in [0.4, 0.5) is 5.69 Å². The molecule has 1 fully saturated rings. The fraction of sp³-hybridized carbons (Fsp3) is 0.370. The van der Waals surface area contributed by atoms with E-state index in [-0.39, 0.29) is 12.1 Å². The van der Waals surface area contributed by atoms with Gasteiger partial charge in [0.05, 0.1) is 5.57 Å². The van der Waals surface area contributed by atoms with Gasteiger partial charge in [0.25, 0.3) is 0 Å². The van der Waals surface area contributed by atoms with Crippen LogP contribution in [0.25, 0.3) is 0 Å². The first kappa shape index (κ1) is 26.2. The van der Waals surface area contributed by atoms with Crippen molar-refractivity contribution in [1.82, 2.24) is 16.0 Å². The first-order chi connectivity index (χ1) is 16.8. The smallest absolute Gasteiger partial charge is 0.248 e. The molecule has 8 heteroatoms. The van der Waals surface area contributed by atoms with E-state index in [0.29, 0.717) is 28.5 Å². The van der Waals surface area contributed by atoms with E-state index < -0.39 is 5.91 Å². The van der Waals surface area contributed by atoms with Gasteiger partial charge in [-0.3, -0.25) is 10.2 Å². The van der Waals surface area contributed by atoms with Crippen molar-refractivity contribution >= 4 is 34.6 Å². The number of nitrogens with two attached hydrogens (primary N) is 1. The van der Waals surface area contributed by atoms with Gasteiger partial charge in [-0.1, -0.05) is 55.4 Å². The average molecular weight is 493 g/mol. The summed E-state index contributed by atoms with van der Waals surface area (Å²) in [5.41, 5.74) is 8.47. The van der Waals surface area contributed by atoms with Gasteiger partial charge in [-0.25, -0.2) is 0 Å². The van der Waals surface area contributed by atoms with Crippen molar-refractivity contribution in [3.8, 4) is 0 Å². The molecule has 2 aromatic rings. The molecule has 35 heavy (non-hydrogen) atoms. The van der Waals surface area contributed by atoms with Crippen LogP contribution in [0.1, 0.15) is 55.5 Å². The largest absolute Gasteiger partial charge is 0.379 e. The number of nitrogens with zero attached hydrogens (tertiary/aromatic N) is 1. The number of amides is 1. The van der Waals surface area contributed by atoms with Crippen molar-refractivity contribution in [2.75, 3.05) is 11.9 Å². The van der Waals surface area contributed by atoms with E-state index in [0.717, 1.165) is 29.9 Å². The number of rotatable bonds is 10. The Labute approximate surface area is 213 Å². The van der Waals surface area contributed by atoms with Gasteiger partial charge >= 0.3 is 0 Å². The van der Waals surface area contributed by atoms with Gasteiger partial charge in [-0.15, -0.1) is 0 Å². The lowest BCUT2D eigenvalue weighted by Gasteiger charge is -2.34. The molecule has 0 spiro atoms. The van der Waals surface area contributed by atoms with Crippen LogP contribution in [0, 0.1) is 5.41 Å². The highest BCUT2D eigenvalue weighted by molar-refractivity contribution is 7.80. The van der Waals surface area contributed by atoms with Gasteiger partial charge in [0.1, 0.15) is 16.6 Å². The monoisotopic (exact) mass is 492 g/mol. The number of benzene rings is 2. The van der Waals surface area contributed by atoms with Crippen molar-refractivity contribution in [3.05, 3.63) is 77.1 Å². The zero-order valence-electron chi connectivity index (χ0n) is 20.7. The number of primary amides is 1. The van der Waals surface area contributed by atoms with Gasteiger partial charge in [0.15, 0.2) is 0 Å². The quantitative estimate of drug-likeness (QED) is 0.148. The minimum Gasteiger partial charge on any atom is -0.379 e. The van der Waals surface area contributed by atoms with E-state index in [2.05, 4.69) is 46.8 Å². The molecule has 6 N–H and O–H groups in total. The summed E-state index contributed by atoms with van der Waals surface area (Å²) in [7, 11) is 1.79. The molecule has 1 saturated carbocycles. The number of thiocarbonyl (C=S) groups is 1. The number of carbonyl (C=O) groups excluding carboxylic acids is 1. The molecule has 3 rings (SSSR count). The van der Waals surface area contributed by atoms with Crippen LogP contribution in [0.15, 0.2) is 66.0 Å². The molecular formula is C27H36N6OS. The first-order valence-electron chi connectivity index (χ1n) is 12.1. The maximum Gasteiger partial charge on any atom is 0.248 e. The summed E-state index contributed by atoms with van der Waals surface area (Å²) in [5.74, 6) is 0.609. The Hall–Kier alpha value is -3.39. The summed E-state index contributed by atoms with van der Waals surface area (Å²) in [5, 5.41) is 19.1. The fourth-order valence-electron chi connectivity index (χ4n) is 4.35. The van der Waals surface area contributed by atoms with Gasteiger partial charge in [-0.2, -0.15) is 0 Å². The molecule has 0 heterocycles. The van der Waals surface area contributed by atoms with Crippen molar-refractivity contribution in [2.45, 2.75) is 58.2 Å². The van der Waals surface area contributed by atoms with Gasteiger partial charge in [0.2, 0.25) is 5.91 Å². The van der Waals surface area contributed by atoms with Crippen LogP contribution in [-0.4, -0.2) is 35.9 Å². The maximum atomic E-state index is 11.5. The highest BCUT2D eigenvalue weighted by Crippen LogP contribution is 2.25. The number of likely N-dealkylation sites (N-methyl/N-ethyl adjacent to an activating group) is 1. The van der Waals surface area contributed by atoms with Gasteiger partial charge in [0, 0.05) is 36.9 Å².